The minimum absolute atomic E-state index is 0.0357. The summed E-state index contributed by atoms with van der Waals surface area (Å²) in [6.07, 6.45) is 0.909. The number of nitrogens with one attached hydrogen (secondary N) is 1. The van der Waals surface area contributed by atoms with Crippen molar-refractivity contribution in [2.45, 2.75) is 44.0 Å². The van der Waals surface area contributed by atoms with E-state index in [1.807, 2.05) is 20.8 Å². The van der Waals surface area contributed by atoms with Crippen LogP contribution in [0.25, 0.3) is 0 Å². The average Bonchev–Trinajstić information content (AvgIpc) is 2.48. The predicted molar refractivity (Wildman–Crippen MR) is 90.8 cm³/mol. The van der Waals surface area contributed by atoms with Gasteiger partial charge in [0.15, 0.2) is 0 Å². The van der Waals surface area contributed by atoms with Crippen LogP contribution in [0.3, 0.4) is 0 Å². The van der Waals surface area contributed by atoms with Crippen molar-refractivity contribution in [2.24, 2.45) is 5.92 Å². The highest BCUT2D eigenvalue weighted by Gasteiger charge is 2.33. The number of amides is 1. The van der Waals surface area contributed by atoms with Gasteiger partial charge in [0.25, 0.3) is 0 Å². The third-order valence-corrected chi connectivity index (χ3v) is 6.04. The Morgan fingerprint density at radius 1 is 1.29 bits per heavy atom. The zero-order valence-electron chi connectivity index (χ0n) is 14.0. The van der Waals surface area contributed by atoms with E-state index in [4.69, 9.17) is 11.6 Å². The molecule has 1 N–H and O–H groups in total. The summed E-state index contributed by atoms with van der Waals surface area (Å²) < 4.78 is 39.7. The molecule has 1 saturated heterocycles. The molecule has 1 aliphatic rings. The SMILES string of the molecule is CC(C)(C)NC(=O)C1CCN(S(=O)(=O)c2ccc(F)c(Cl)c2)CC1. The molecular formula is C16H22ClFN2O3S. The van der Waals surface area contributed by atoms with E-state index in [1.165, 1.54) is 10.4 Å². The molecule has 0 aromatic heterocycles. The van der Waals surface area contributed by atoms with Crippen LogP contribution >= 0.6 is 11.6 Å². The fraction of sp³-hybridized carbons (Fsp3) is 0.562. The molecule has 134 valence electrons. The van der Waals surface area contributed by atoms with E-state index in [9.17, 15) is 17.6 Å². The topological polar surface area (TPSA) is 66.5 Å². The first-order valence-corrected chi connectivity index (χ1v) is 9.60. The molecule has 1 amide bonds. The van der Waals surface area contributed by atoms with E-state index >= 15 is 0 Å². The van der Waals surface area contributed by atoms with Crippen LogP contribution in [-0.2, 0) is 14.8 Å². The van der Waals surface area contributed by atoms with Gasteiger partial charge in [-0.2, -0.15) is 4.31 Å². The Kier molecular flexibility index (Phi) is 5.57. The Hall–Kier alpha value is -1.18. The van der Waals surface area contributed by atoms with Crippen molar-refractivity contribution in [1.29, 1.82) is 0 Å². The first-order chi connectivity index (χ1) is 11.0. The van der Waals surface area contributed by atoms with Gasteiger partial charge in [-0.25, -0.2) is 12.8 Å². The van der Waals surface area contributed by atoms with Crippen molar-refractivity contribution in [3.8, 4) is 0 Å². The van der Waals surface area contributed by atoms with E-state index in [-0.39, 0.29) is 40.4 Å². The highest BCUT2D eigenvalue weighted by atomic mass is 35.5. The van der Waals surface area contributed by atoms with Gasteiger partial charge in [0.2, 0.25) is 15.9 Å². The summed E-state index contributed by atoms with van der Waals surface area (Å²) in [6.45, 7) is 6.22. The summed E-state index contributed by atoms with van der Waals surface area (Å²) in [5, 5.41) is 2.70. The van der Waals surface area contributed by atoms with Crippen LogP contribution in [-0.4, -0.2) is 37.3 Å². The number of sulfonamides is 1. The Morgan fingerprint density at radius 3 is 2.38 bits per heavy atom. The summed E-state index contributed by atoms with van der Waals surface area (Å²) in [5.41, 5.74) is -0.314. The molecule has 0 atom stereocenters. The molecule has 1 aromatic rings. The van der Waals surface area contributed by atoms with Gasteiger partial charge in [0.1, 0.15) is 5.82 Å². The summed E-state index contributed by atoms with van der Waals surface area (Å²) >= 11 is 5.67. The lowest BCUT2D eigenvalue weighted by molar-refractivity contribution is -0.127. The number of carbonyl (C=O) groups excluding carboxylic acids is 1. The number of hydrogen-bond acceptors (Lipinski definition) is 3. The van der Waals surface area contributed by atoms with Gasteiger partial charge >= 0.3 is 0 Å². The minimum Gasteiger partial charge on any atom is -0.351 e. The van der Waals surface area contributed by atoms with Crippen LogP contribution in [0.5, 0.6) is 0 Å². The molecule has 2 rings (SSSR count). The molecule has 1 heterocycles. The van der Waals surface area contributed by atoms with Crippen LogP contribution in [0.15, 0.2) is 23.1 Å². The number of carbonyl (C=O) groups is 1. The lowest BCUT2D eigenvalue weighted by atomic mass is 9.96. The zero-order chi connectivity index (χ0) is 18.1. The van der Waals surface area contributed by atoms with E-state index in [2.05, 4.69) is 5.32 Å². The number of hydrogen-bond donors (Lipinski definition) is 1. The Labute approximate surface area is 147 Å². The maximum absolute atomic E-state index is 13.2. The number of benzene rings is 1. The average molecular weight is 377 g/mol. The van der Waals surface area contributed by atoms with E-state index in [0.717, 1.165) is 12.1 Å². The van der Waals surface area contributed by atoms with E-state index in [1.54, 1.807) is 0 Å². The number of halogens is 2. The van der Waals surface area contributed by atoms with Gasteiger partial charge in [0, 0.05) is 24.5 Å². The van der Waals surface area contributed by atoms with Crippen LogP contribution in [0.2, 0.25) is 5.02 Å². The van der Waals surface area contributed by atoms with E-state index < -0.39 is 15.8 Å². The third-order valence-electron chi connectivity index (χ3n) is 3.85. The fourth-order valence-corrected chi connectivity index (χ4v) is 4.36. The molecule has 0 unspecified atom stereocenters. The molecule has 0 bridgehead atoms. The van der Waals surface area contributed by atoms with Crippen LogP contribution in [0, 0.1) is 11.7 Å². The Balaban J connectivity index is 2.05. The van der Waals surface area contributed by atoms with Gasteiger partial charge in [-0.05, 0) is 51.8 Å². The highest BCUT2D eigenvalue weighted by molar-refractivity contribution is 7.89. The maximum atomic E-state index is 13.2. The van der Waals surface area contributed by atoms with Gasteiger partial charge in [-0.15, -0.1) is 0 Å². The predicted octanol–water partition coefficient (Wildman–Crippen LogP) is 2.79. The summed E-state index contributed by atoms with van der Waals surface area (Å²) in [5.74, 6) is -0.912. The molecular weight excluding hydrogens is 355 g/mol. The van der Waals surface area contributed by atoms with Crippen molar-refractivity contribution in [3.05, 3.63) is 29.0 Å². The molecule has 0 saturated carbocycles. The van der Waals surface area contributed by atoms with Crippen molar-refractivity contribution < 1.29 is 17.6 Å². The molecule has 0 spiro atoms. The lowest BCUT2D eigenvalue weighted by Gasteiger charge is -2.32. The largest absolute Gasteiger partial charge is 0.351 e. The first kappa shape index (κ1) is 19.1. The Morgan fingerprint density at radius 2 is 1.88 bits per heavy atom. The summed E-state index contributed by atoms with van der Waals surface area (Å²) in [4.78, 5) is 12.1. The van der Waals surface area contributed by atoms with Gasteiger partial charge < -0.3 is 5.32 Å². The lowest BCUT2D eigenvalue weighted by Crippen LogP contribution is -2.47. The fourth-order valence-electron chi connectivity index (χ4n) is 2.62. The van der Waals surface area contributed by atoms with Crippen LogP contribution in [0.4, 0.5) is 4.39 Å². The molecule has 1 fully saturated rings. The molecule has 8 heteroatoms. The van der Waals surface area contributed by atoms with Crippen molar-refractivity contribution in [1.82, 2.24) is 9.62 Å². The van der Waals surface area contributed by atoms with Crippen LogP contribution in [0.1, 0.15) is 33.6 Å². The van der Waals surface area contributed by atoms with Gasteiger partial charge in [-0.3, -0.25) is 4.79 Å². The second-order valence-electron chi connectivity index (χ2n) is 6.99. The zero-order valence-corrected chi connectivity index (χ0v) is 15.5. The molecule has 5 nitrogen and oxygen atoms in total. The second kappa shape index (κ2) is 6.98. The molecule has 0 radical (unpaired) electrons. The van der Waals surface area contributed by atoms with Gasteiger partial charge in [-0.1, -0.05) is 11.6 Å². The minimum atomic E-state index is -3.74. The van der Waals surface area contributed by atoms with Crippen molar-refractivity contribution in [2.75, 3.05) is 13.1 Å². The van der Waals surface area contributed by atoms with Crippen LogP contribution < -0.4 is 5.32 Å². The standard InChI is InChI=1S/C16H22ClFN2O3S/c1-16(2,3)19-15(21)11-6-8-20(9-7-11)24(22,23)12-4-5-14(18)13(17)10-12/h4-5,10-11H,6-9H2,1-3H3,(H,19,21). The monoisotopic (exact) mass is 376 g/mol. The second-order valence-corrected chi connectivity index (χ2v) is 9.34. The Bertz CT molecular complexity index is 723. The highest BCUT2D eigenvalue weighted by Crippen LogP contribution is 2.26. The normalized spacial score (nSPS) is 17.7. The molecule has 24 heavy (non-hydrogen) atoms. The number of nitrogens with zero attached hydrogens (tertiary/aromatic N) is 1. The molecule has 0 aliphatic carbocycles. The molecule has 1 aliphatic heterocycles. The van der Waals surface area contributed by atoms with E-state index in [0.29, 0.717) is 12.8 Å². The van der Waals surface area contributed by atoms with Crippen molar-refractivity contribution >= 4 is 27.5 Å². The maximum Gasteiger partial charge on any atom is 0.243 e. The number of piperidine rings is 1. The summed E-state index contributed by atoms with van der Waals surface area (Å²) in [6, 6.07) is 3.36. The smallest absolute Gasteiger partial charge is 0.243 e. The van der Waals surface area contributed by atoms with Crippen molar-refractivity contribution in [3.63, 3.8) is 0 Å². The molecule has 1 aromatic carbocycles. The number of rotatable bonds is 3. The van der Waals surface area contributed by atoms with Gasteiger partial charge in [0.05, 0.1) is 9.92 Å². The quantitative estimate of drug-likeness (QED) is 0.882. The third kappa shape index (κ3) is 4.46. The first-order valence-electron chi connectivity index (χ1n) is 7.78. The summed E-state index contributed by atoms with van der Waals surface area (Å²) in [7, 11) is -3.74.